The van der Waals surface area contributed by atoms with Crippen molar-refractivity contribution >= 4 is 0 Å². The fourth-order valence-electron chi connectivity index (χ4n) is 8.51. The average molecular weight is 386 g/mol. The van der Waals surface area contributed by atoms with Crippen molar-refractivity contribution in [3.05, 3.63) is 23.3 Å². The number of fused-ring (bicyclic) bond motifs is 2. The zero-order valence-corrected chi connectivity index (χ0v) is 17.3. The maximum absolute atomic E-state index is 11.2. The van der Waals surface area contributed by atoms with E-state index in [0.717, 1.165) is 38.6 Å². The quantitative estimate of drug-likeness (QED) is 0.819. The molecule has 1 aromatic carbocycles. The number of likely N-dealkylation sites (tertiary alicyclic amines) is 1. The van der Waals surface area contributed by atoms with E-state index >= 15 is 0 Å². The summed E-state index contributed by atoms with van der Waals surface area (Å²) in [4.78, 5) is 2.54. The second-order valence-electron chi connectivity index (χ2n) is 10.6. The maximum atomic E-state index is 11.2. The number of rotatable bonds is 2. The first-order valence-electron chi connectivity index (χ1n) is 10.7. The molecular formula is C23H31NO4. The summed E-state index contributed by atoms with van der Waals surface area (Å²) in [5.74, 6) is 0.944. The molecule has 7 rings (SSSR count). The summed E-state index contributed by atoms with van der Waals surface area (Å²) in [7, 11) is 4.05. The van der Waals surface area contributed by atoms with Gasteiger partial charge in [-0.3, -0.25) is 0 Å². The largest absolute Gasteiger partial charge is 0.504 e. The number of phenolic OH excluding ortho intramolecular Hbond substituents is 1. The number of aromatic hydroxyl groups is 1. The van der Waals surface area contributed by atoms with E-state index in [2.05, 4.69) is 18.0 Å². The summed E-state index contributed by atoms with van der Waals surface area (Å²) < 4.78 is 13.0. The lowest BCUT2D eigenvalue weighted by Gasteiger charge is -2.74. The Morgan fingerprint density at radius 2 is 2.04 bits per heavy atom. The summed E-state index contributed by atoms with van der Waals surface area (Å²) in [6, 6.07) is 4.34. The highest BCUT2D eigenvalue weighted by atomic mass is 16.6. The fourth-order valence-corrected chi connectivity index (χ4v) is 8.51. The molecule has 152 valence electrons. The van der Waals surface area contributed by atoms with E-state index in [9.17, 15) is 10.2 Å². The maximum Gasteiger partial charge on any atom is 0.165 e. The van der Waals surface area contributed by atoms with Crippen LogP contribution in [0.15, 0.2) is 12.1 Å². The van der Waals surface area contributed by atoms with E-state index in [1.54, 1.807) is 13.2 Å². The molecule has 2 N–H and O–H groups in total. The molecule has 28 heavy (non-hydrogen) atoms. The van der Waals surface area contributed by atoms with Gasteiger partial charge in [0.2, 0.25) is 0 Å². The summed E-state index contributed by atoms with van der Waals surface area (Å²) >= 11 is 0. The van der Waals surface area contributed by atoms with Crippen LogP contribution in [0.5, 0.6) is 11.5 Å². The molecule has 0 unspecified atom stereocenters. The topological polar surface area (TPSA) is 62.2 Å². The number of piperidine rings is 1. The van der Waals surface area contributed by atoms with Crippen LogP contribution in [-0.4, -0.2) is 59.2 Å². The van der Waals surface area contributed by atoms with Crippen molar-refractivity contribution in [1.29, 1.82) is 0 Å². The molecule has 0 amide bonds. The third-order valence-electron chi connectivity index (χ3n) is 9.48. The minimum Gasteiger partial charge on any atom is -0.504 e. The van der Waals surface area contributed by atoms with E-state index in [1.807, 2.05) is 13.8 Å². The smallest absolute Gasteiger partial charge is 0.165 e. The van der Waals surface area contributed by atoms with Crippen molar-refractivity contribution < 1.29 is 19.7 Å². The zero-order valence-electron chi connectivity index (χ0n) is 17.3. The highest BCUT2D eigenvalue weighted by molar-refractivity contribution is 5.63. The minimum absolute atomic E-state index is 0.00359. The molecule has 1 aromatic rings. The van der Waals surface area contributed by atoms with E-state index in [-0.39, 0.29) is 28.6 Å². The molecule has 2 aliphatic heterocycles. The summed E-state index contributed by atoms with van der Waals surface area (Å²) in [5, 5.41) is 21.9. The van der Waals surface area contributed by atoms with E-state index in [1.165, 1.54) is 11.1 Å². The predicted octanol–water partition coefficient (Wildman–Crippen LogP) is 2.61. The van der Waals surface area contributed by atoms with E-state index < -0.39 is 11.2 Å². The molecule has 4 bridgehead atoms. The Hall–Kier alpha value is -1.30. The highest BCUT2D eigenvalue weighted by Crippen LogP contribution is 2.77. The van der Waals surface area contributed by atoms with Crippen molar-refractivity contribution in [2.24, 2.45) is 11.3 Å². The number of ether oxygens (including phenoxy) is 2. The number of hydrogen-bond acceptors (Lipinski definition) is 5. The van der Waals surface area contributed by atoms with Gasteiger partial charge < -0.3 is 24.6 Å². The van der Waals surface area contributed by atoms with Gasteiger partial charge in [0.1, 0.15) is 11.7 Å². The van der Waals surface area contributed by atoms with Gasteiger partial charge >= 0.3 is 0 Å². The Morgan fingerprint density at radius 3 is 2.75 bits per heavy atom. The molecular weight excluding hydrogens is 354 g/mol. The van der Waals surface area contributed by atoms with Crippen molar-refractivity contribution in [2.75, 3.05) is 20.7 Å². The van der Waals surface area contributed by atoms with Crippen LogP contribution >= 0.6 is 0 Å². The first kappa shape index (κ1) is 17.5. The van der Waals surface area contributed by atoms with Crippen molar-refractivity contribution in [3.63, 3.8) is 0 Å². The zero-order chi connectivity index (χ0) is 19.7. The van der Waals surface area contributed by atoms with Gasteiger partial charge in [0.25, 0.3) is 0 Å². The molecule has 2 heterocycles. The van der Waals surface area contributed by atoms with Crippen molar-refractivity contribution in [1.82, 2.24) is 4.90 Å². The van der Waals surface area contributed by atoms with Gasteiger partial charge in [-0.2, -0.15) is 0 Å². The van der Waals surface area contributed by atoms with Gasteiger partial charge in [-0.15, -0.1) is 0 Å². The summed E-state index contributed by atoms with van der Waals surface area (Å²) in [6.07, 6.45) is 4.82. The van der Waals surface area contributed by atoms with Crippen LogP contribution in [0.3, 0.4) is 0 Å². The monoisotopic (exact) mass is 385 g/mol. The Kier molecular flexibility index (Phi) is 3.06. The van der Waals surface area contributed by atoms with E-state index in [4.69, 9.17) is 9.47 Å². The van der Waals surface area contributed by atoms with Crippen LogP contribution in [0.2, 0.25) is 0 Å². The molecule has 4 fully saturated rings. The Labute approximate surface area is 166 Å². The summed E-state index contributed by atoms with van der Waals surface area (Å²) in [6.45, 7) is 4.89. The standard InChI is InChI=1S/C23H31NO4/c1-20(2,26)15-12-21-7-8-23(15,27-4)19-22(21)9-10-24(3)16(21)11-13-5-6-14(25)18(28-19)17(13)22/h5-6,15-16,19,25-26H,7-12H2,1-4H3/t15-,16-,19-,21-,22+,23-/m1/s1. The molecule has 0 radical (unpaired) electrons. The Bertz CT molecular complexity index is 878. The van der Waals surface area contributed by atoms with Crippen LogP contribution in [0.1, 0.15) is 50.7 Å². The van der Waals surface area contributed by atoms with Crippen LogP contribution in [0, 0.1) is 11.3 Å². The second-order valence-corrected chi connectivity index (χ2v) is 10.6. The SMILES string of the molecule is CO[C@]12CC[C@@]3(C[C@@H]1C(C)(C)O)[C@H]1Cc4ccc(O)c5c4[C@@]3(CCN1C)[C@H]2O5. The number of hydrogen-bond donors (Lipinski definition) is 2. The number of nitrogens with zero attached hydrogens (tertiary/aromatic N) is 1. The van der Waals surface area contributed by atoms with Gasteiger partial charge in [-0.05, 0) is 71.2 Å². The molecule has 6 atom stereocenters. The third kappa shape index (κ3) is 1.58. The fraction of sp³-hybridized carbons (Fsp3) is 0.739. The lowest BCUT2D eigenvalue weighted by Crippen LogP contribution is -2.82. The Balaban J connectivity index is 1.69. The number of aliphatic hydroxyl groups is 1. The summed E-state index contributed by atoms with van der Waals surface area (Å²) in [5.41, 5.74) is 1.15. The molecule has 5 nitrogen and oxygen atoms in total. The van der Waals surface area contributed by atoms with Crippen molar-refractivity contribution in [2.45, 2.75) is 74.7 Å². The normalized spacial score (nSPS) is 45.7. The van der Waals surface area contributed by atoms with Gasteiger partial charge in [-0.1, -0.05) is 6.07 Å². The van der Waals surface area contributed by atoms with Gasteiger partial charge in [0.15, 0.2) is 11.5 Å². The lowest BCUT2D eigenvalue weighted by molar-refractivity contribution is -0.298. The first-order valence-corrected chi connectivity index (χ1v) is 10.7. The highest BCUT2D eigenvalue weighted by Gasteiger charge is 2.81. The molecule has 3 saturated carbocycles. The minimum atomic E-state index is -0.849. The van der Waals surface area contributed by atoms with Crippen LogP contribution in [-0.2, 0) is 16.6 Å². The van der Waals surface area contributed by atoms with Crippen LogP contribution in [0.25, 0.3) is 0 Å². The van der Waals surface area contributed by atoms with Crippen LogP contribution in [0.4, 0.5) is 0 Å². The van der Waals surface area contributed by atoms with Crippen molar-refractivity contribution in [3.8, 4) is 11.5 Å². The number of benzene rings is 1. The molecule has 4 aliphatic carbocycles. The van der Waals surface area contributed by atoms with Gasteiger partial charge in [0, 0.05) is 35.5 Å². The number of phenols is 1. The molecule has 1 saturated heterocycles. The van der Waals surface area contributed by atoms with E-state index in [0.29, 0.717) is 11.8 Å². The van der Waals surface area contributed by atoms with Crippen LogP contribution < -0.4 is 4.74 Å². The molecule has 2 spiro atoms. The average Bonchev–Trinajstić information content (AvgIpc) is 3.03. The van der Waals surface area contributed by atoms with Gasteiger partial charge in [0.05, 0.1) is 5.60 Å². The molecule has 0 aromatic heterocycles. The molecule has 5 heteroatoms. The number of methoxy groups -OCH3 is 1. The molecule has 6 aliphatic rings. The third-order valence-corrected chi connectivity index (χ3v) is 9.48. The Morgan fingerprint density at radius 1 is 1.25 bits per heavy atom. The second kappa shape index (κ2) is 4.88. The lowest BCUT2D eigenvalue weighted by atomic mass is 9.34. The van der Waals surface area contributed by atoms with Gasteiger partial charge in [-0.25, -0.2) is 0 Å². The first-order chi connectivity index (χ1) is 13.2. The predicted molar refractivity (Wildman–Crippen MR) is 105 cm³/mol. The number of likely N-dealkylation sites (N-methyl/N-ethyl adjacent to an activating group) is 1.